The van der Waals surface area contributed by atoms with Crippen LogP contribution >= 0.6 is 0 Å². The predicted molar refractivity (Wildman–Crippen MR) is 64.4 cm³/mol. The Morgan fingerprint density at radius 1 is 1.44 bits per heavy atom. The van der Waals surface area contributed by atoms with Gasteiger partial charge in [-0.1, -0.05) is 18.1 Å². The summed E-state index contributed by atoms with van der Waals surface area (Å²) >= 11 is 0. The Morgan fingerprint density at radius 3 is 3.06 bits per heavy atom. The van der Waals surface area contributed by atoms with Crippen molar-refractivity contribution in [3.05, 3.63) is 41.8 Å². The topological polar surface area (TPSA) is 75.6 Å². The third-order valence-corrected chi connectivity index (χ3v) is 2.54. The summed E-state index contributed by atoms with van der Waals surface area (Å²) in [5.41, 5.74) is 0.912. The molecule has 2 heterocycles. The second-order valence-corrected chi connectivity index (χ2v) is 4.27. The smallest absolute Gasteiger partial charge is 0.226 e. The quantitative estimate of drug-likeness (QED) is 0.802. The molecule has 0 amide bonds. The number of hydrogen-bond acceptors (Lipinski definition) is 5. The molecule has 0 saturated carbocycles. The Hall–Kier alpha value is -2.22. The van der Waals surface area contributed by atoms with Crippen molar-refractivity contribution in [3.8, 4) is 6.07 Å². The number of pyridine rings is 1. The Balaban J connectivity index is 1.96. The van der Waals surface area contributed by atoms with E-state index in [9.17, 15) is 0 Å². The average Bonchev–Trinajstić information content (AvgIpc) is 2.78. The molecule has 2 rings (SSSR count). The summed E-state index contributed by atoms with van der Waals surface area (Å²) in [7, 11) is 0. The van der Waals surface area contributed by atoms with Gasteiger partial charge in [-0.15, -0.1) is 0 Å². The highest BCUT2D eigenvalue weighted by Gasteiger charge is 2.11. The first-order chi connectivity index (χ1) is 8.78. The molecule has 5 heteroatoms. The lowest BCUT2D eigenvalue weighted by Crippen LogP contribution is -1.99. The molecule has 92 valence electrons. The Bertz CT molecular complexity index is 529. The molecule has 0 aromatic carbocycles. The van der Waals surface area contributed by atoms with Gasteiger partial charge in [-0.05, 0) is 18.1 Å². The molecule has 2 aromatic rings. The van der Waals surface area contributed by atoms with E-state index in [2.05, 4.69) is 21.2 Å². The highest BCUT2D eigenvalue weighted by atomic mass is 16.5. The molecule has 1 atom stereocenters. The van der Waals surface area contributed by atoms with Crippen molar-refractivity contribution in [2.75, 3.05) is 0 Å². The molecule has 0 saturated heterocycles. The van der Waals surface area contributed by atoms with Gasteiger partial charge in [0.15, 0.2) is 5.82 Å². The summed E-state index contributed by atoms with van der Waals surface area (Å²) in [5.74, 6) is 1.45. The molecule has 18 heavy (non-hydrogen) atoms. The summed E-state index contributed by atoms with van der Waals surface area (Å²) in [6, 6.07) is 7.86. The average molecular weight is 242 g/mol. The first kappa shape index (κ1) is 12.2. The van der Waals surface area contributed by atoms with Crippen molar-refractivity contribution in [1.29, 1.82) is 5.26 Å². The predicted octanol–water partition coefficient (Wildman–Crippen LogP) is 2.15. The lowest BCUT2D eigenvalue weighted by atomic mass is 10.1. The number of nitriles is 1. The van der Waals surface area contributed by atoms with Crippen molar-refractivity contribution in [2.24, 2.45) is 5.92 Å². The van der Waals surface area contributed by atoms with E-state index < -0.39 is 0 Å². The van der Waals surface area contributed by atoms with Crippen LogP contribution in [0.5, 0.6) is 0 Å². The maximum absolute atomic E-state index is 8.59. The van der Waals surface area contributed by atoms with E-state index in [4.69, 9.17) is 9.78 Å². The van der Waals surface area contributed by atoms with Crippen molar-refractivity contribution in [1.82, 2.24) is 15.1 Å². The Labute approximate surface area is 105 Å². The van der Waals surface area contributed by atoms with Gasteiger partial charge in [-0.3, -0.25) is 4.98 Å². The van der Waals surface area contributed by atoms with E-state index in [1.165, 1.54) is 0 Å². The molecule has 0 radical (unpaired) electrons. The summed E-state index contributed by atoms with van der Waals surface area (Å²) in [6.45, 7) is 1.99. The fourth-order valence-corrected chi connectivity index (χ4v) is 1.64. The zero-order valence-corrected chi connectivity index (χ0v) is 10.2. The van der Waals surface area contributed by atoms with Crippen LogP contribution in [0.2, 0.25) is 0 Å². The molecule has 0 aliphatic carbocycles. The van der Waals surface area contributed by atoms with Crippen LogP contribution < -0.4 is 0 Å². The third-order valence-electron chi connectivity index (χ3n) is 2.54. The van der Waals surface area contributed by atoms with Gasteiger partial charge in [0, 0.05) is 24.7 Å². The van der Waals surface area contributed by atoms with Crippen LogP contribution in [-0.2, 0) is 12.8 Å². The van der Waals surface area contributed by atoms with Crippen LogP contribution in [-0.4, -0.2) is 15.1 Å². The van der Waals surface area contributed by atoms with E-state index in [0.29, 0.717) is 31.0 Å². The minimum absolute atomic E-state index is 0.234. The SMILES string of the molecule is CC(CC#N)Cc1nc(Cc2ccccn2)no1. The van der Waals surface area contributed by atoms with Gasteiger partial charge in [-0.2, -0.15) is 10.2 Å². The number of nitrogens with zero attached hydrogens (tertiary/aromatic N) is 4. The Kier molecular flexibility index (Phi) is 4.02. The van der Waals surface area contributed by atoms with Crippen LogP contribution in [0.15, 0.2) is 28.9 Å². The third kappa shape index (κ3) is 3.39. The highest BCUT2D eigenvalue weighted by Crippen LogP contribution is 2.10. The summed E-state index contributed by atoms with van der Waals surface area (Å²) in [5, 5.41) is 12.5. The van der Waals surface area contributed by atoms with E-state index in [1.54, 1.807) is 6.20 Å². The molecule has 0 fully saturated rings. The maximum atomic E-state index is 8.59. The summed E-state index contributed by atoms with van der Waals surface area (Å²) < 4.78 is 5.16. The van der Waals surface area contributed by atoms with Crippen LogP contribution in [0.3, 0.4) is 0 Å². The number of hydrogen-bond donors (Lipinski definition) is 0. The van der Waals surface area contributed by atoms with Gasteiger partial charge in [0.05, 0.1) is 12.5 Å². The Morgan fingerprint density at radius 2 is 2.33 bits per heavy atom. The maximum Gasteiger partial charge on any atom is 0.226 e. The fraction of sp³-hybridized carbons (Fsp3) is 0.385. The zero-order valence-electron chi connectivity index (χ0n) is 10.2. The van der Waals surface area contributed by atoms with Crippen molar-refractivity contribution < 1.29 is 4.52 Å². The normalized spacial score (nSPS) is 12.0. The van der Waals surface area contributed by atoms with Crippen molar-refractivity contribution >= 4 is 0 Å². The van der Waals surface area contributed by atoms with E-state index in [0.717, 1.165) is 5.69 Å². The lowest BCUT2D eigenvalue weighted by molar-refractivity contribution is 0.355. The largest absolute Gasteiger partial charge is 0.339 e. The minimum atomic E-state index is 0.234. The first-order valence-electron chi connectivity index (χ1n) is 5.86. The van der Waals surface area contributed by atoms with Gasteiger partial charge in [0.25, 0.3) is 0 Å². The van der Waals surface area contributed by atoms with Crippen LogP contribution in [0.1, 0.15) is 30.8 Å². The van der Waals surface area contributed by atoms with Crippen molar-refractivity contribution in [2.45, 2.75) is 26.2 Å². The summed E-state index contributed by atoms with van der Waals surface area (Å²) in [4.78, 5) is 8.51. The van der Waals surface area contributed by atoms with E-state index >= 15 is 0 Å². The summed E-state index contributed by atoms with van der Waals surface area (Å²) in [6.07, 6.45) is 3.45. The molecule has 5 nitrogen and oxygen atoms in total. The molecule has 0 aliphatic rings. The molecular formula is C13H14N4O. The molecule has 0 spiro atoms. The van der Waals surface area contributed by atoms with Crippen LogP contribution in [0, 0.1) is 17.2 Å². The monoisotopic (exact) mass is 242 g/mol. The molecule has 0 bridgehead atoms. The highest BCUT2D eigenvalue weighted by molar-refractivity contribution is 5.09. The molecule has 1 unspecified atom stereocenters. The molecule has 0 N–H and O–H groups in total. The molecule has 2 aromatic heterocycles. The fourth-order valence-electron chi connectivity index (χ4n) is 1.64. The number of rotatable bonds is 5. The second-order valence-electron chi connectivity index (χ2n) is 4.27. The zero-order chi connectivity index (χ0) is 12.8. The lowest BCUT2D eigenvalue weighted by Gasteiger charge is -2.00. The van der Waals surface area contributed by atoms with Crippen LogP contribution in [0.25, 0.3) is 0 Å². The standard InChI is InChI=1S/C13H14N4O/c1-10(5-6-14)8-13-16-12(17-18-13)9-11-4-2-3-7-15-11/h2-4,7,10H,5,8-9H2,1H3. The minimum Gasteiger partial charge on any atom is -0.339 e. The molecule has 0 aliphatic heterocycles. The first-order valence-corrected chi connectivity index (χ1v) is 5.86. The second kappa shape index (κ2) is 5.92. The number of aromatic nitrogens is 3. The van der Waals surface area contributed by atoms with Gasteiger partial charge >= 0.3 is 0 Å². The van der Waals surface area contributed by atoms with Crippen molar-refractivity contribution in [3.63, 3.8) is 0 Å². The van der Waals surface area contributed by atoms with E-state index in [-0.39, 0.29) is 5.92 Å². The van der Waals surface area contributed by atoms with Gasteiger partial charge in [-0.25, -0.2) is 0 Å². The van der Waals surface area contributed by atoms with E-state index in [1.807, 2.05) is 25.1 Å². The van der Waals surface area contributed by atoms with Gasteiger partial charge in [0.2, 0.25) is 5.89 Å². The van der Waals surface area contributed by atoms with Crippen LogP contribution in [0.4, 0.5) is 0 Å². The van der Waals surface area contributed by atoms with Gasteiger partial charge in [0.1, 0.15) is 0 Å². The molecular weight excluding hydrogens is 228 g/mol. The van der Waals surface area contributed by atoms with Gasteiger partial charge < -0.3 is 4.52 Å².